The first-order chi connectivity index (χ1) is 13.5. The van der Waals surface area contributed by atoms with Crippen LogP contribution in [-0.4, -0.2) is 16.8 Å². The number of benzene rings is 2. The SMILES string of the molecule is NC(=O)c1ccc(C[C@]2(NC(=O)c3cncs3)CCc3ccc(Cl)cc32)cc1. The van der Waals surface area contributed by atoms with Gasteiger partial charge in [-0.15, -0.1) is 11.3 Å². The lowest BCUT2D eigenvalue weighted by Gasteiger charge is -2.32. The van der Waals surface area contributed by atoms with Crippen LogP contribution in [0.15, 0.2) is 54.2 Å². The van der Waals surface area contributed by atoms with E-state index in [1.165, 1.54) is 16.9 Å². The Morgan fingerprint density at radius 1 is 1.21 bits per heavy atom. The van der Waals surface area contributed by atoms with Gasteiger partial charge in [0, 0.05) is 10.6 Å². The fourth-order valence-electron chi connectivity index (χ4n) is 3.79. The van der Waals surface area contributed by atoms with E-state index in [9.17, 15) is 9.59 Å². The van der Waals surface area contributed by atoms with E-state index >= 15 is 0 Å². The van der Waals surface area contributed by atoms with E-state index in [1.54, 1.807) is 23.8 Å². The van der Waals surface area contributed by atoms with Crippen molar-refractivity contribution in [2.75, 3.05) is 0 Å². The van der Waals surface area contributed by atoms with Crippen LogP contribution in [0, 0.1) is 0 Å². The van der Waals surface area contributed by atoms with Gasteiger partial charge in [0.05, 0.1) is 17.2 Å². The van der Waals surface area contributed by atoms with Gasteiger partial charge in [0.15, 0.2) is 0 Å². The average molecular weight is 412 g/mol. The van der Waals surface area contributed by atoms with Gasteiger partial charge >= 0.3 is 0 Å². The molecule has 0 unspecified atom stereocenters. The first kappa shape index (κ1) is 18.7. The number of aromatic nitrogens is 1. The van der Waals surface area contributed by atoms with Crippen LogP contribution in [0.5, 0.6) is 0 Å². The fraction of sp³-hybridized carbons (Fsp3) is 0.190. The number of nitrogens with zero attached hydrogens (tertiary/aromatic N) is 1. The van der Waals surface area contributed by atoms with Gasteiger partial charge in [-0.1, -0.05) is 29.8 Å². The number of carbonyl (C=O) groups is 2. The first-order valence-corrected chi connectivity index (χ1v) is 10.1. The number of carbonyl (C=O) groups excluding carboxylic acids is 2. The first-order valence-electron chi connectivity index (χ1n) is 8.85. The summed E-state index contributed by atoms with van der Waals surface area (Å²) in [4.78, 5) is 28.8. The van der Waals surface area contributed by atoms with Gasteiger partial charge in [-0.2, -0.15) is 0 Å². The highest BCUT2D eigenvalue weighted by Gasteiger charge is 2.40. The molecule has 142 valence electrons. The van der Waals surface area contributed by atoms with Gasteiger partial charge in [0.1, 0.15) is 4.88 Å². The fourth-order valence-corrected chi connectivity index (χ4v) is 4.48. The predicted molar refractivity (Wildman–Crippen MR) is 110 cm³/mol. The Bertz CT molecular complexity index is 1030. The van der Waals surface area contributed by atoms with E-state index in [0.29, 0.717) is 21.9 Å². The van der Waals surface area contributed by atoms with Gasteiger partial charge in [0.2, 0.25) is 5.91 Å². The lowest BCUT2D eigenvalue weighted by Crippen LogP contribution is -2.46. The van der Waals surface area contributed by atoms with E-state index in [-0.39, 0.29) is 5.91 Å². The van der Waals surface area contributed by atoms with Crippen molar-refractivity contribution in [1.82, 2.24) is 10.3 Å². The minimum atomic E-state index is -0.574. The Balaban J connectivity index is 1.71. The molecule has 1 aliphatic rings. The molecule has 2 amide bonds. The number of hydrogen-bond acceptors (Lipinski definition) is 4. The molecule has 0 aliphatic heterocycles. The number of nitrogens with one attached hydrogen (secondary N) is 1. The number of thiazole rings is 1. The molecular weight excluding hydrogens is 394 g/mol. The summed E-state index contributed by atoms with van der Waals surface area (Å²) in [6, 6.07) is 13.0. The number of fused-ring (bicyclic) bond motifs is 1. The Morgan fingerprint density at radius 2 is 2.00 bits per heavy atom. The summed E-state index contributed by atoms with van der Waals surface area (Å²) in [5.74, 6) is -0.609. The third-order valence-electron chi connectivity index (χ3n) is 5.16. The molecule has 3 aromatic rings. The molecule has 1 atom stereocenters. The van der Waals surface area contributed by atoms with Crippen LogP contribution < -0.4 is 11.1 Å². The Morgan fingerprint density at radius 3 is 2.68 bits per heavy atom. The zero-order valence-corrected chi connectivity index (χ0v) is 16.5. The molecule has 0 fully saturated rings. The Hall–Kier alpha value is -2.70. The second kappa shape index (κ2) is 7.37. The highest BCUT2D eigenvalue weighted by molar-refractivity contribution is 7.11. The van der Waals surface area contributed by atoms with E-state index in [1.807, 2.05) is 30.3 Å². The van der Waals surface area contributed by atoms with Crippen molar-refractivity contribution in [3.05, 3.63) is 86.3 Å². The number of primary amides is 1. The summed E-state index contributed by atoms with van der Waals surface area (Å²) < 4.78 is 0. The van der Waals surface area contributed by atoms with Crippen molar-refractivity contribution in [3.63, 3.8) is 0 Å². The third-order valence-corrected chi connectivity index (χ3v) is 6.17. The smallest absolute Gasteiger partial charge is 0.263 e. The molecule has 5 nitrogen and oxygen atoms in total. The van der Waals surface area contributed by atoms with Crippen molar-refractivity contribution in [3.8, 4) is 0 Å². The second-order valence-corrected chi connectivity index (χ2v) is 8.26. The van der Waals surface area contributed by atoms with Gasteiger partial charge in [-0.05, 0) is 60.2 Å². The highest BCUT2D eigenvalue weighted by Crippen LogP contribution is 2.41. The molecule has 0 spiro atoms. The lowest BCUT2D eigenvalue weighted by molar-refractivity contribution is 0.0899. The van der Waals surface area contributed by atoms with Crippen molar-refractivity contribution < 1.29 is 9.59 Å². The summed E-state index contributed by atoms with van der Waals surface area (Å²) in [6.45, 7) is 0. The lowest BCUT2D eigenvalue weighted by atomic mass is 9.84. The van der Waals surface area contributed by atoms with Gasteiger partial charge < -0.3 is 11.1 Å². The number of nitrogens with two attached hydrogens (primary N) is 1. The minimum absolute atomic E-state index is 0.149. The van der Waals surface area contributed by atoms with Gasteiger partial charge in [0.25, 0.3) is 5.91 Å². The molecule has 1 aromatic heterocycles. The third kappa shape index (κ3) is 3.53. The molecule has 7 heteroatoms. The number of hydrogen-bond donors (Lipinski definition) is 2. The summed E-state index contributed by atoms with van der Waals surface area (Å²) in [6.07, 6.45) is 3.78. The van der Waals surface area contributed by atoms with E-state index < -0.39 is 11.4 Å². The van der Waals surface area contributed by atoms with Crippen LogP contribution in [0.2, 0.25) is 5.02 Å². The molecule has 3 N–H and O–H groups in total. The number of amides is 2. The number of aryl methyl sites for hydroxylation is 1. The van der Waals surface area contributed by atoms with Crippen LogP contribution in [0.1, 0.15) is 43.1 Å². The zero-order chi connectivity index (χ0) is 19.7. The number of rotatable bonds is 5. The molecule has 1 heterocycles. The minimum Gasteiger partial charge on any atom is -0.366 e. The van der Waals surface area contributed by atoms with Crippen molar-refractivity contribution >= 4 is 34.8 Å². The molecule has 0 bridgehead atoms. The van der Waals surface area contributed by atoms with Crippen LogP contribution in [0.4, 0.5) is 0 Å². The molecule has 1 aliphatic carbocycles. The Kier molecular flexibility index (Phi) is 4.91. The summed E-state index contributed by atoms with van der Waals surface area (Å²) >= 11 is 7.58. The Labute approximate surface area is 171 Å². The van der Waals surface area contributed by atoms with E-state index in [4.69, 9.17) is 17.3 Å². The standard InChI is InChI=1S/C21H18ClN3O2S/c22-16-6-5-14-7-8-21(17(14)9-16,25-20(27)18-11-24-12-28-18)10-13-1-3-15(4-2-13)19(23)26/h1-6,9,11-12H,7-8,10H2,(H2,23,26)(H,25,27)/t21-/m1/s1. The van der Waals surface area contributed by atoms with Crippen LogP contribution >= 0.6 is 22.9 Å². The quantitative estimate of drug-likeness (QED) is 0.671. The van der Waals surface area contributed by atoms with Crippen LogP contribution in [-0.2, 0) is 18.4 Å². The maximum absolute atomic E-state index is 12.9. The molecule has 0 saturated carbocycles. The van der Waals surface area contributed by atoms with Gasteiger partial charge in [-0.3, -0.25) is 14.6 Å². The molecule has 4 rings (SSSR count). The maximum Gasteiger partial charge on any atom is 0.263 e. The topological polar surface area (TPSA) is 85.1 Å². The molecule has 28 heavy (non-hydrogen) atoms. The monoisotopic (exact) mass is 411 g/mol. The molecular formula is C21H18ClN3O2S. The maximum atomic E-state index is 12.9. The summed E-state index contributed by atoms with van der Waals surface area (Å²) in [5, 5.41) is 3.89. The van der Waals surface area contributed by atoms with E-state index in [0.717, 1.165) is 24.0 Å². The van der Waals surface area contributed by atoms with E-state index in [2.05, 4.69) is 10.3 Å². The zero-order valence-electron chi connectivity index (χ0n) is 14.9. The van der Waals surface area contributed by atoms with Crippen molar-refractivity contribution in [2.45, 2.75) is 24.8 Å². The predicted octanol–water partition coefficient (Wildman–Crippen LogP) is 3.71. The molecule has 0 radical (unpaired) electrons. The normalized spacial score (nSPS) is 17.9. The second-order valence-electron chi connectivity index (χ2n) is 6.94. The largest absolute Gasteiger partial charge is 0.366 e. The average Bonchev–Trinajstić information content (AvgIpc) is 3.32. The summed E-state index contributed by atoms with van der Waals surface area (Å²) in [5.41, 5.74) is 10.1. The van der Waals surface area contributed by atoms with Crippen LogP contribution in [0.25, 0.3) is 0 Å². The van der Waals surface area contributed by atoms with Crippen molar-refractivity contribution in [2.24, 2.45) is 5.73 Å². The van der Waals surface area contributed by atoms with Crippen LogP contribution in [0.3, 0.4) is 0 Å². The summed E-state index contributed by atoms with van der Waals surface area (Å²) in [7, 11) is 0. The van der Waals surface area contributed by atoms with Crippen molar-refractivity contribution in [1.29, 1.82) is 0 Å². The molecule has 2 aromatic carbocycles. The highest BCUT2D eigenvalue weighted by atomic mass is 35.5. The van der Waals surface area contributed by atoms with Gasteiger partial charge in [-0.25, -0.2) is 0 Å². The molecule has 0 saturated heterocycles. The number of halogens is 1.